The first-order valence-corrected chi connectivity index (χ1v) is 11.9. The van der Waals surface area contributed by atoms with Crippen LogP contribution in [-0.2, 0) is 31.6 Å². The second-order valence-electron chi connectivity index (χ2n) is 5.19. The minimum atomic E-state index is -5.56. The van der Waals surface area contributed by atoms with Crippen LogP contribution in [0.15, 0.2) is 17.1 Å². The molecule has 0 amide bonds. The lowest BCUT2D eigenvalue weighted by atomic mass is 10.2. The van der Waals surface area contributed by atoms with Crippen molar-refractivity contribution in [3.05, 3.63) is 27.4 Å². The van der Waals surface area contributed by atoms with E-state index in [-0.39, 0.29) is 4.77 Å². The van der Waals surface area contributed by atoms with Crippen molar-refractivity contribution < 1.29 is 51.2 Å². The van der Waals surface area contributed by atoms with Gasteiger partial charge in [0.15, 0.2) is 4.77 Å². The molecular weight excluding hydrogens is 453 g/mol. The summed E-state index contributed by atoms with van der Waals surface area (Å²) >= 11 is 5.00. The van der Waals surface area contributed by atoms with Gasteiger partial charge in [-0.25, -0.2) is 13.7 Å². The van der Waals surface area contributed by atoms with E-state index in [4.69, 9.17) is 31.6 Å². The quantitative estimate of drug-likeness (QED) is 0.266. The van der Waals surface area contributed by atoms with Crippen molar-refractivity contribution in [1.82, 2.24) is 9.55 Å². The van der Waals surface area contributed by atoms with Crippen molar-refractivity contribution in [2.75, 3.05) is 6.61 Å². The van der Waals surface area contributed by atoms with E-state index in [0.29, 0.717) is 12.8 Å². The molecule has 2 rings (SSSR count). The van der Waals surface area contributed by atoms with Gasteiger partial charge in [0.1, 0.15) is 6.23 Å². The van der Waals surface area contributed by atoms with Gasteiger partial charge in [-0.15, -0.1) is 0 Å². The van der Waals surface area contributed by atoms with Gasteiger partial charge < -0.3 is 24.3 Å². The van der Waals surface area contributed by atoms with E-state index in [1.54, 1.807) is 0 Å². The maximum Gasteiger partial charge on any atom is 0.490 e. The molecule has 27 heavy (non-hydrogen) atoms. The Labute approximate surface area is 156 Å². The summed E-state index contributed by atoms with van der Waals surface area (Å²) in [5.41, 5.74) is -0.390. The van der Waals surface area contributed by atoms with Gasteiger partial charge in [0.05, 0.1) is 12.7 Å². The van der Waals surface area contributed by atoms with Crippen LogP contribution < -0.4 is 5.56 Å². The molecule has 1 aromatic rings. The normalized spacial score (nSPS) is 25.0. The Kier molecular flexibility index (Phi) is 7.13. The van der Waals surface area contributed by atoms with Gasteiger partial charge in [-0.05, 0) is 25.1 Å². The maximum absolute atomic E-state index is 11.6. The highest BCUT2D eigenvalue weighted by Crippen LogP contribution is 2.66. The molecule has 1 aliphatic heterocycles. The Hall–Kier alpha value is -0.530. The molecule has 1 fully saturated rings. The van der Waals surface area contributed by atoms with Gasteiger partial charge in [-0.3, -0.25) is 18.9 Å². The number of aromatic amines is 1. The molecule has 18 heteroatoms. The fraction of sp³-hybridized carbons (Fsp3) is 0.556. The average molecular weight is 468 g/mol. The SMILES string of the molecule is O=c1ccn([C@H]2CC[C@@H](COP(=O)(O)OP(=O)(O)OP(=O)(O)O)O2)c(=S)[nH]1. The monoisotopic (exact) mass is 468 g/mol. The molecule has 1 aliphatic rings. The van der Waals surface area contributed by atoms with E-state index in [9.17, 15) is 23.4 Å². The molecule has 0 spiro atoms. The van der Waals surface area contributed by atoms with Crippen LogP contribution >= 0.6 is 35.7 Å². The number of nitrogens with one attached hydrogen (secondary N) is 1. The summed E-state index contributed by atoms with van der Waals surface area (Å²) in [5.74, 6) is 0. The lowest BCUT2D eigenvalue weighted by Gasteiger charge is -2.19. The molecule has 2 heterocycles. The molecule has 0 radical (unpaired) electrons. The molecule has 0 bridgehead atoms. The average Bonchev–Trinajstić information content (AvgIpc) is 2.90. The molecule has 5 N–H and O–H groups in total. The number of nitrogens with zero attached hydrogens (tertiary/aromatic N) is 1. The molecule has 1 aromatic heterocycles. The number of rotatable bonds is 8. The van der Waals surface area contributed by atoms with E-state index in [0.717, 1.165) is 0 Å². The molecule has 0 aliphatic carbocycles. The highest BCUT2D eigenvalue weighted by Gasteiger charge is 2.41. The zero-order valence-corrected chi connectivity index (χ0v) is 16.7. The van der Waals surface area contributed by atoms with Crippen LogP contribution in [0.3, 0.4) is 0 Å². The van der Waals surface area contributed by atoms with Gasteiger partial charge in [0.2, 0.25) is 0 Å². The fourth-order valence-corrected chi connectivity index (χ4v) is 5.48. The zero-order valence-electron chi connectivity index (χ0n) is 13.2. The number of hydrogen-bond donors (Lipinski definition) is 5. The Balaban J connectivity index is 1.92. The first kappa shape index (κ1) is 22.8. The summed E-state index contributed by atoms with van der Waals surface area (Å²) < 4.78 is 52.2. The van der Waals surface area contributed by atoms with E-state index in [1.807, 2.05) is 0 Å². The predicted octanol–water partition coefficient (Wildman–Crippen LogP) is 0.927. The summed E-state index contributed by atoms with van der Waals surface area (Å²) in [5, 5.41) is 0. The first-order valence-electron chi connectivity index (χ1n) is 7.02. The molecule has 0 saturated carbocycles. The Morgan fingerprint density at radius 2 is 1.85 bits per heavy atom. The Morgan fingerprint density at radius 3 is 2.44 bits per heavy atom. The highest BCUT2D eigenvalue weighted by molar-refractivity contribution is 7.71. The molecule has 154 valence electrons. The van der Waals surface area contributed by atoms with Crippen molar-refractivity contribution in [2.24, 2.45) is 0 Å². The maximum atomic E-state index is 11.6. The van der Waals surface area contributed by atoms with Crippen molar-refractivity contribution in [2.45, 2.75) is 25.2 Å². The fourth-order valence-electron chi connectivity index (χ4n) is 2.15. The van der Waals surface area contributed by atoms with E-state index >= 15 is 0 Å². The lowest BCUT2D eigenvalue weighted by molar-refractivity contribution is -0.0234. The number of phosphoric ester groups is 1. The predicted molar refractivity (Wildman–Crippen MR) is 88.8 cm³/mol. The Morgan fingerprint density at radius 1 is 1.19 bits per heavy atom. The van der Waals surface area contributed by atoms with Crippen LogP contribution in [0.2, 0.25) is 0 Å². The van der Waals surface area contributed by atoms with Crippen molar-refractivity contribution >= 4 is 35.7 Å². The molecule has 1 saturated heterocycles. The molecule has 14 nitrogen and oxygen atoms in total. The number of aromatic nitrogens is 2. The Bertz CT molecular complexity index is 939. The van der Waals surface area contributed by atoms with Crippen LogP contribution in [0.4, 0.5) is 0 Å². The summed E-state index contributed by atoms with van der Waals surface area (Å²) in [4.78, 5) is 48.9. The van der Waals surface area contributed by atoms with Gasteiger partial charge in [-0.2, -0.15) is 8.62 Å². The summed E-state index contributed by atoms with van der Waals surface area (Å²) in [6, 6.07) is 1.23. The topological polar surface area (TPSA) is 207 Å². The van der Waals surface area contributed by atoms with Gasteiger partial charge in [0.25, 0.3) is 5.56 Å². The smallest absolute Gasteiger partial charge is 0.352 e. The highest BCUT2D eigenvalue weighted by atomic mass is 32.1. The van der Waals surface area contributed by atoms with E-state index in [2.05, 4.69) is 18.1 Å². The van der Waals surface area contributed by atoms with Crippen molar-refractivity contribution in [3.8, 4) is 0 Å². The summed E-state index contributed by atoms with van der Waals surface area (Å²) in [6.45, 7) is -0.545. The third-order valence-electron chi connectivity index (χ3n) is 3.09. The third-order valence-corrected chi connectivity index (χ3v) is 7.20. The summed E-state index contributed by atoms with van der Waals surface area (Å²) in [6.07, 6.45) is 0.875. The van der Waals surface area contributed by atoms with Crippen molar-refractivity contribution in [1.29, 1.82) is 0 Å². The third kappa shape index (κ3) is 7.42. The minimum absolute atomic E-state index is 0.112. The second-order valence-corrected chi connectivity index (χ2v) is 10.0. The molecule has 2 unspecified atom stereocenters. The lowest BCUT2D eigenvalue weighted by Crippen LogP contribution is -2.19. The van der Waals surface area contributed by atoms with Gasteiger partial charge in [-0.1, -0.05) is 0 Å². The van der Waals surface area contributed by atoms with Crippen LogP contribution in [0.25, 0.3) is 0 Å². The molecule has 0 aromatic carbocycles. The van der Waals surface area contributed by atoms with Gasteiger partial charge in [0, 0.05) is 12.3 Å². The number of H-pyrrole nitrogens is 1. The van der Waals surface area contributed by atoms with Gasteiger partial charge >= 0.3 is 23.5 Å². The first-order chi connectivity index (χ1) is 12.3. The van der Waals surface area contributed by atoms with Crippen LogP contribution in [-0.4, -0.2) is 41.8 Å². The van der Waals surface area contributed by atoms with Crippen LogP contribution in [0.1, 0.15) is 19.1 Å². The van der Waals surface area contributed by atoms with Crippen molar-refractivity contribution in [3.63, 3.8) is 0 Å². The minimum Gasteiger partial charge on any atom is -0.352 e. The zero-order chi connectivity index (χ0) is 20.5. The number of ether oxygens (including phenoxy) is 1. The molecule has 4 atom stereocenters. The van der Waals surface area contributed by atoms with Crippen LogP contribution in [0, 0.1) is 4.77 Å². The number of phosphoric acid groups is 3. The number of hydrogen-bond acceptors (Lipinski definition) is 9. The van der Waals surface area contributed by atoms with E-state index < -0.39 is 48.0 Å². The largest absolute Gasteiger partial charge is 0.490 e. The second kappa shape index (κ2) is 8.46. The standard InChI is InChI=1S/C9H15N2O12P3S/c12-7-3-4-11(9(27)10-7)8-2-1-6(21-8)5-20-25(16,17)23-26(18,19)22-24(13,14)15/h3-4,6,8H,1-2,5H2,(H,16,17)(H,18,19)(H,10,12,27)(H2,13,14,15)/t6-,8+/m0/s1. The molecular formula is C9H15N2O12P3S. The summed E-state index contributed by atoms with van der Waals surface area (Å²) in [7, 11) is -16.2. The van der Waals surface area contributed by atoms with Crippen LogP contribution in [0.5, 0.6) is 0 Å². The van der Waals surface area contributed by atoms with E-state index in [1.165, 1.54) is 16.8 Å².